The van der Waals surface area contributed by atoms with Crippen LogP contribution in [0.1, 0.15) is 42.5 Å². The molecular weight excluding hydrogens is 318 g/mol. The van der Waals surface area contributed by atoms with Crippen molar-refractivity contribution in [1.29, 1.82) is 0 Å². The third-order valence-corrected chi connectivity index (χ3v) is 5.70. The number of ether oxygens (including phenoxy) is 2. The van der Waals surface area contributed by atoms with Gasteiger partial charge in [-0.15, -0.1) is 0 Å². The maximum Gasteiger partial charge on any atom is 0.254 e. The van der Waals surface area contributed by atoms with Crippen LogP contribution < -0.4 is 4.74 Å². The SMILES string of the molecule is O=C(c1ccc(OCC2CC2)cc1)N1CCCC1C1COCCC1O. The highest BCUT2D eigenvalue weighted by atomic mass is 16.5. The van der Waals surface area contributed by atoms with Crippen molar-refractivity contribution < 1.29 is 19.4 Å². The second-order valence-corrected chi connectivity index (χ2v) is 7.58. The van der Waals surface area contributed by atoms with Gasteiger partial charge in [0.05, 0.1) is 19.3 Å². The van der Waals surface area contributed by atoms with Crippen LogP contribution in [0, 0.1) is 11.8 Å². The van der Waals surface area contributed by atoms with Crippen molar-refractivity contribution in [2.24, 2.45) is 11.8 Å². The van der Waals surface area contributed by atoms with Crippen LogP contribution in [0.5, 0.6) is 5.75 Å². The fourth-order valence-electron chi connectivity index (χ4n) is 3.96. The molecule has 0 radical (unpaired) electrons. The van der Waals surface area contributed by atoms with Crippen LogP contribution in [0.25, 0.3) is 0 Å². The van der Waals surface area contributed by atoms with Crippen LogP contribution in [0.4, 0.5) is 0 Å². The first-order valence-electron chi connectivity index (χ1n) is 9.52. The summed E-state index contributed by atoms with van der Waals surface area (Å²) in [5.41, 5.74) is 0.692. The fourth-order valence-corrected chi connectivity index (χ4v) is 3.96. The molecule has 1 aromatic carbocycles. The van der Waals surface area contributed by atoms with Crippen molar-refractivity contribution in [2.75, 3.05) is 26.4 Å². The van der Waals surface area contributed by atoms with Gasteiger partial charge in [-0.3, -0.25) is 4.79 Å². The van der Waals surface area contributed by atoms with Gasteiger partial charge in [-0.05, 0) is 62.3 Å². The summed E-state index contributed by atoms with van der Waals surface area (Å²) < 4.78 is 11.3. The number of carbonyl (C=O) groups excluding carboxylic acids is 1. The predicted octanol–water partition coefficient (Wildman–Crippen LogP) is 2.48. The second-order valence-electron chi connectivity index (χ2n) is 7.58. The molecule has 5 heteroatoms. The van der Waals surface area contributed by atoms with Crippen LogP contribution in [-0.4, -0.2) is 54.4 Å². The zero-order chi connectivity index (χ0) is 17.2. The summed E-state index contributed by atoms with van der Waals surface area (Å²) in [5.74, 6) is 1.63. The van der Waals surface area contributed by atoms with Gasteiger partial charge in [-0.1, -0.05) is 0 Å². The Labute approximate surface area is 148 Å². The first-order valence-corrected chi connectivity index (χ1v) is 9.52. The molecule has 0 spiro atoms. The standard InChI is InChI=1S/C20H27NO4/c22-19-9-11-24-13-17(19)18-2-1-10-21(18)20(23)15-5-7-16(8-6-15)25-12-14-3-4-14/h5-8,14,17-19,22H,1-4,9-13H2. The molecule has 2 aliphatic heterocycles. The lowest BCUT2D eigenvalue weighted by Gasteiger charge is -2.37. The van der Waals surface area contributed by atoms with E-state index < -0.39 is 0 Å². The topological polar surface area (TPSA) is 59.0 Å². The molecule has 1 N–H and O–H groups in total. The third kappa shape index (κ3) is 3.82. The number of benzene rings is 1. The Balaban J connectivity index is 1.41. The van der Waals surface area contributed by atoms with Crippen LogP contribution >= 0.6 is 0 Å². The Morgan fingerprint density at radius 2 is 2.00 bits per heavy atom. The van der Waals surface area contributed by atoms with Crippen molar-refractivity contribution in [3.05, 3.63) is 29.8 Å². The molecular formula is C20H27NO4. The first kappa shape index (κ1) is 16.9. The number of hydrogen-bond acceptors (Lipinski definition) is 4. The molecule has 3 fully saturated rings. The van der Waals surface area contributed by atoms with E-state index in [4.69, 9.17) is 9.47 Å². The summed E-state index contributed by atoms with van der Waals surface area (Å²) in [6, 6.07) is 7.56. The molecule has 1 saturated carbocycles. The molecule has 5 nitrogen and oxygen atoms in total. The molecule has 25 heavy (non-hydrogen) atoms. The van der Waals surface area contributed by atoms with Crippen LogP contribution in [-0.2, 0) is 4.74 Å². The van der Waals surface area contributed by atoms with Gasteiger partial charge < -0.3 is 19.5 Å². The number of carbonyl (C=O) groups is 1. The van der Waals surface area contributed by atoms with E-state index in [1.54, 1.807) is 0 Å². The van der Waals surface area contributed by atoms with Crippen molar-refractivity contribution in [1.82, 2.24) is 4.90 Å². The number of aliphatic hydroxyl groups excluding tert-OH is 1. The zero-order valence-corrected chi connectivity index (χ0v) is 14.6. The second kappa shape index (κ2) is 7.34. The molecule has 2 heterocycles. The lowest BCUT2D eigenvalue weighted by Crippen LogP contribution is -2.48. The predicted molar refractivity (Wildman–Crippen MR) is 93.7 cm³/mol. The Hall–Kier alpha value is -1.59. The number of likely N-dealkylation sites (tertiary alicyclic amines) is 1. The van der Waals surface area contributed by atoms with E-state index in [0.717, 1.165) is 37.7 Å². The van der Waals surface area contributed by atoms with Crippen molar-refractivity contribution in [2.45, 2.75) is 44.2 Å². The molecule has 3 atom stereocenters. The third-order valence-electron chi connectivity index (χ3n) is 5.70. The Morgan fingerprint density at radius 3 is 2.72 bits per heavy atom. The van der Waals surface area contributed by atoms with Gasteiger partial charge in [0, 0.05) is 30.7 Å². The summed E-state index contributed by atoms with van der Waals surface area (Å²) >= 11 is 0. The number of amides is 1. The van der Waals surface area contributed by atoms with Gasteiger partial charge in [-0.25, -0.2) is 0 Å². The highest BCUT2D eigenvalue weighted by Gasteiger charge is 2.39. The molecule has 1 amide bonds. The summed E-state index contributed by atoms with van der Waals surface area (Å²) in [7, 11) is 0. The van der Waals surface area contributed by atoms with E-state index in [1.165, 1.54) is 12.8 Å². The van der Waals surface area contributed by atoms with Gasteiger partial charge in [0.2, 0.25) is 0 Å². The van der Waals surface area contributed by atoms with Gasteiger partial charge in [0.25, 0.3) is 5.91 Å². The Bertz CT molecular complexity index is 598. The normalized spacial score (nSPS) is 29.6. The van der Waals surface area contributed by atoms with Gasteiger partial charge >= 0.3 is 0 Å². The van der Waals surface area contributed by atoms with Crippen molar-refractivity contribution >= 4 is 5.91 Å². The zero-order valence-electron chi connectivity index (χ0n) is 14.6. The maximum atomic E-state index is 13.0. The average molecular weight is 345 g/mol. The number of aliphatic hydroxyl groups is 1. The minimum atomic E-state index is -0.370. The lowest BCUT2D eigenvalue weighted by molar-refractivity contribution is -0.0589. The van der Waals surface area contributed by atoms with E-state index in [9.17, 15) is 9.90 Å². The summed E-state index contributed by atoms with van der Waals surface area (Å²) in [4.78, 5) is 14.9. The smallest absolute Gasteiger partial charge is 0.254 e. The van der Waals surface area contributed by atoms with E-state index in [2.05, 4.69) is 0 Å². The molecule has 136 valence electrons. The van der Waals surface area contributed by atoms with Crippen LogP contribution in [0.3, 0.4) is 0 Å². The lowest BCUT2D eigenvalue weighted by atomic mass is 9.89. The first-order chi connectivity index (χ1) is 12.2. The van der Waals surface area contributed by atoms with E-state index in [0.29, 0.717) is 25.2 Å². The number of hydrogen-bond donors (Lipinski definition) is 1. The minimum absolute atomic E-state index is 0.0290. The fraction of sp³-hybridized carbons (Fsp3) is 0.650. The van der Waals surface area contributed by atoms with Gasteiger partial charge in [0.15, 0.2) is 0 Å². The van der Waals surface area contributed by atoms with Crippen LogP contribution in [0.15, 0.2) is 24.3 Å². The molecule has 1 aliphatic carbocycles. The van der Waals surface area contributed by atoms with Crippen molar-refractivity contribution in [3.63, 3.8) is 0 Å². The molecule has 3 aliphatic rings. The molecule has 3 unspecified atom stereocenters. The monoisotopic (exact) mass is 345 g/mol. The van der Waals surface area contributed by atoms with Gasteiger partial charge in [0.1, 0.15) is 5.75 Å². The summed E-state index contributed by atoms with van der Waals surface area (Å²) in [6.07, 6.45) is 4.76. The summed E-state index contributed by atoms with van der Waals surface area (Å²) in [5, 5.41) is 10.3. The highest BCUT2D eigenvalue weighted by Crippen LogP contribution is 2.32. The number of rotatable bonds is 5. The quantitative estimate of drug-likeness (QED) is 0.891. The maximum absolute atomic E-state index is 13.0. The minimum Gasteiger partial charge on any atom is -0.493 e. The Morgan fingerprint density at radius 1 is 1.20 bits per heavy atom. The van der Waals surface area contributed by atoms with E-state index >= 15 is 0 Å². The molecule has 2 saturated heterocycles. The summed E-state index contributed by atoms with van der Waals surface area (Å²) in [6.45, 7) is 2.69. The van der Waals surface area contributed by atoms with E-state index in [-0.39, 0.29) is 24.0 Å². The van der Waals surface area contributed by atoms with E-state index in [1.807, 2.05) is 29.2 Å². The number of nitrogens with zero attached hydrogens (tertiary/aromatic N) is 1. The Kier molecular flexibility index (Phi) is 4.95. The van der Waals surface area contributed by atoms with Gasteiger partial charge in [-0.2, -0.15) is 0 Å². The highest BCUT2D eigenvalue weighted by molar-refractivity contribution is 5.94. The average Bonchev–Trinajstić information content (AvgIpc) is 3.35. The molecule has 4 rings (SSSR count). The molecule has 0 bridgehead atoms. The van der Waals surface area contributed by atoms with Crippen LogP contribution in [0.2, 0.25) is 0 Å². The molecule has 1 aromatic rings. The largest absolute Gasteiger partial charge is 0.493 e. The molecule has 0 aromatic heterocycles. The van der Waals surface area contributed by atoms with Crippen molar-refractivity contribution in [3.8, 4) is 5.75 Å².